The number of amides is 1. The van der Waals surface area contributed by atoms with Gasteiger partial charge in [-0.25, -0.2) is 4.98 Å². The summed E-state index contributed by atoms with van der Waals surface area (Å²) in [6.07, 6.45) is 3.20. The monoisotopic (exact) mass is 344 g/mol. The third-order valence-electron chi connectivity index (χ3n) is 3.36. The Morgan fingerprint density at radius 3 is 2.67 bits per heavy atom. The van der Waals surface area contributed by atoms with Gasteiger partial charge >= 0.3 is 0 Å². The van der Waals surface area contributed by atoms with Crippen LogP contribution in [0.15, 0.2) is 47.5 Å². The van der Waals surface area contributed by atoms with Crippen LogP contribution >= 0.6 is 11.8 Å². The zero-order chi connectivity index (χ0) is 17.2. The molecule has 0 atom stereocenters. The topological polar surface area (TPSA) is 51.2 Å². The second-order valence-corrected chi connectivity index (χ2v) is 6.71. The van der Waals surface area contributed by atoms with Crippen molar-refractivity contribution in [1.82, 2.24) is 10.3 Å². The maximum atomic E-state index is 11.9. The first-order chi connectivity index (χ1) is 11.7. The van der Waals surface area contributed by atoms with E-state index >= 15 is 0 Å². The Kier molecular flexibility index (Phi) is 7.62. The summed E-state index contributed by atoms with van der Waals surface area (Å²) in [4.78, 5) is 17.3. The number of nitrogens with zero attached hydrogens (tertiary/aromatic N) is 1. The SMILES string of the molecule is CCCOc1ccc(CNC(=O)CCSc2ccc(C)cc2)cn1. The first-order valence-corrected chi connectivity index (χ1v) is 9.20. The van der Waals surface area contributed by atoms with E-state index in [1.165, 1.54) is 10.5 Å². The summed E-state index contributed by atoms with van der Waals surface area (Å²) in [6.45, 7) is 5.29. The van der Waals surface area contributed by atoms with Crippen molar-refractivity contribution in [3.63, 3.8) is 0 Å². The molecule has 2 aromatic rings. The fourth-order valence-corrected chi connectivity index (χ4v) is 2.84. The molecule has 0 bridgehead atoms. The highest BCUT2D eigenvalue weighted by Crippen LogP contribution is 2.18. The summed E-state index contributed by atoms with van der Waals surface area (Å²) < 4.78 is 5.44. The Bertz CT molecular complexity index is 627. The molecule has 0 aliphatic heterocycles. The predicted octanol–water partition coefficient (Wildman–Crippen LogP) is 3.98. The fourth-order valence-electron chi connectivity index (χ4n) is 1.99. The van der Waals surface area contributed by atoms with Crippen LogP contribution in [0.25, 0.3) is 0 Å². The van der Waals surface area contributed by atoms with Gasteiger partial charge in [0.2, 0.25) is 11.8 Å². The van der Waals surface area contributed by atoms with Crippen molar-refractivity contribution in [3.8, 4) is 5.88 Å². The summed E-state index contributed by atoms with van der Waals surface area (Å²) in [5.41, 5.74) is 2.22. The molecule has 1 N–H and O–H groups in total. The number of carbonyl (C=O) groups excluding carboxylic acids is 1. The number of rotatable bonds is 9. The highest BCUT2D eigenvalue weighted by atomic mass is 32.2. The van der Waals surface area contributed by atoms with Gasteiger partial charge in [-0.15, -0.1) is 11.8 Å². The third-order valence-corrected chi connectivity index (χ3v) is 4.37. The summed E-state index contributed by atoms with van der Waals surface area (Å²) in [5, 5.41) is 2.92. The van der Waals surface area contributed by atoms with Gasteiger partial charge < -0.3 is 10.1 Å². The molecule has 1 aromatic carbocycles. The lowest BCUT2D eigenvalue weighted by Crippen LogP contribution is -2.23. The normalized spacial score (nSPS) is 10.4. The largest absolute Gasteiger partial charge is 0.478 e. The zero-order valence-corrected chi connectivity index (χ0v) is 15.1. The Morgan fingerprint density at radius 2 is 2.00 bits per heavy atom. The Labute approximate surface area is 148 Å². The molecule has 0 radical (unpaired) electrons. The molecule has 0 saturated heterocycles. The van der Waals surface area contributed by atoms with E-state index in [4.69, 9.17) is 4.74 Å². The first kappa shape index (κ1) is 18.3. The van der Waals surface area contributed by atoms with Crippen molar-refractivity contribution >= 4 is 17.7 Å². The lowest BCUT2D eigenvalue weighted by atomic mass is 10.2. The molecule has 128 valence electrons. The van der Waals surface area contributed by atoms with E-state index in [0.29, 0.717) is 25.5 Å². The van der Waals surface area contributed by atoms with E-state index < -0.39 is 0 Å². The minimum Gasteiger partial charge on any atom is -0.478 e. The molecule has 24 heavy (non-hydrogen) atoms. The van der Waals surface area contributed by atoms with Crippen molar-refractivity contribution in [1.29, 1.82) is 0 Å². The van der Waals surface area contributed by atoms with E-state index in [2.05, 4.69) is 48.4 Å². The lowest BCUT2D eigenvalue weighted by molar-refractivity contribution is -0.120. The van der Waals surface area contributed by atoms with Crippen molar-refractivity contribution in [3.05, 3.63) is 53.7 Å². The van der Waals surface area contributed by atoms with Gasteiger partial charge in [-0.2, -0.15) is 0 Å². The number of aromatic nitrogens is 1. The minimum absolute atomic E-state index is 0.0564. The number of nitrogens with one attached hydrogen (secondary N) is 1. The number of ether oxygens (including phenoxy) is 1. The Morgan fingerprint density at radius 1 is 1.21 bits per heavy atom. The third kappa shape index (κ3) is 6.62. The quantitative estimate of drug-likeness (QED) is 0.699. The molecular weight excluding hydrogens is 320 g/mol. The van der Waals surface area contributed by atoms with Gasteiger partial charge in [-0.1, -0.05) is 30.7 Å². The van der Waals surface area contributed by atoms with E-state index in [0.717, 1.165) is 17.7 Å². The molecule has 1 heterocycles. The number of benzene rings is 1. The van der Waals surface area contributed by atoms with Gasteiger partial charge in [0, 0.05) is 35.9 Å². The average molecular weight is 344 g/mol. The Hall–Kier alpha value is -2.01. The lowest BCUT2D eigenvalue weighted by Gasteiger charge is -2.07. The second kappa shape index (κ2) is 9.98. The van der Waals surface area contributed by atoms with Gasteiger partial charge in [0.15, 0.2) is 0 Å². The molecule has 0 fully saturated rings. The molecule has 0 unspecified atom stereocenters. The molecule has 5 heteroatoms. The van der Waals surface area contributed by atoms with E-state index in [1.807, 2.05) is 12.1 Å². The molecule has 0 spiro atoms. The molecule has 4 nitrogen and oxygen atoms in total. The predicted molar refractivity (Wildman–Crippen MR) is 98.4 cm³/mol. The van der Waals surface area contributed by atoms with Crippen LogP contribution in [0.3, 0.4) is 0 Å². The fraction of sp³-hybridized carbons (Fsp3) is 0.368. The molecule has 1 amide bonds. The van der Waals surface area contributed by atoms with Crippen LogP contribution in [0.1, 0.15) is 30.9 Å². The molecule has 0 aliphatic rings. The van der Waals surface area contributed by atoms with Crippen LogP contribution in [0.5, 0.6) is 5.88 Å². The average Bonchev–Trinajstić information content (AvgIpc) is 2.61. The van der Waals surface area contributed by atoms with Crippen molar-refractivity contribution in [2.24, 2.45) is 0 Å². The highest BCUT2D eigenvalue weighted by molar-refractivity contribution is 7.99. The van der Waals surface area contributed by atoms with Gasteiger partial charge in [-0.3, -0.25) is 4.79 Å². The number of hydrogen-bond donors (Lipinski definition) is 1. The Balaban J connectivity index is 1.66. The second-order valence-electron chi connectivity index (χ2n) is 5.54. The van der Waals surface area contributed by atoms with E-state index in [-0.39, 0.29) is 5.91 Å². The van der Waals surface area contributed by atoms with Gasteiger partial charge in [0.1, 0.15) is 0 Å². The highest BCUT2D eigenvalue weighted by Gasteiger charge is 2.03. The number of pyridine rings is 1. The van der Waals surface area contributed by atoms with Gasteiger partial charge in [0.05, 0.1) is 6.61 Å². The van der Waals surface area contributed by atoms with Crippen LogP contribution in [0, 0.1) is 6.92 Å². The molecular formula is C19H24N2O2S. The van der Waals surface area contributed by atoms with E-state index in [9.17, 15) is 4.79 Å². The summed E-state index contributed by atoms with van der Waals surface area (Å²) >= 11 is 1.70. The zero-order valence-electron chi connectivity index (χ0n) is 14.2. The molecule has 1 aromatic heterocycles. The maximum Gasteiger partial charge on any atom is 0.221 e. The summed E-state index contributed by atoms with van der Waals surface area (Å²) in [6, 6.07) is 12.1. The molecule has 0 saturated carbocycles. The van der Waals surface area contributed by atoms with Crippen LogP contribution in [-0.4, -0.2) is 23.3 Å². The number of hydrogen-bond acceptors (Lipinski definition) is 4. The standard InChI is InChI=1S/C19H24N2O2S/c1-3-11-23-19-9-6-16(14-21-19)13-20-18(22)10-12-24-17-7-4-15(2)5-8-17/h4-9,14H,3,10-13H2,1-2H3,(H,20,22). The minimum atomic E-state index is 0.0564. The molecule has 2 rings (SSSR count). The summed E-state index contributed by atoms with van der Waals surface area (Å²) in [5.74, 6) is 1.46. The van der Waals surface area contributed by atoms with Crippen LogP contribution in [0.2, 0.25) is 0 Å². The number of thioether (sulfide) groups is 1. The van der Waals surface area contributed by atoms with Crippen molar-refractivity contribution in [2.45, 2.75) is 38.1 Å². The number of carbonyl (C=O) groups is 1. The van der Waals surface area contributed by atoms with Gasteiger partial charge in [-0.05, 0) is 31.0 Å². The van der Waals surface area contributed by atoms with Crippen LogP contribution < -0.4 is 10.1 Å². The van der Waals surface area contributed by atoms with Crippen molar-refractivity contribution < 1.29 is 9.53 Å². The summed E-state index contributed by atoms with van der Waals surface area (Å²) in [7, 11) is 0. The van der Waals surface area contributed by atoms with Crippen LogP contribution in [0.4, 0.5) is 0 Å². The smallest absolute Gasteiger partial charge is 0.221 e. The van der Waals surface area contributed by atoms with E-state index in [1.54, 1.807) is 18.0 Å². The van der Waals surface area contributed by atoms with Crippen molar-refractivity contribution in [2.75, 3.05) is 12.4 Å². The van der Waals surface area contributed by atoms with Crippen LogP contribution in [-0.2, 0) is 11.3 Å². The molecule has 0 aliphatic carbocycles. The van der Waals surface area contributed by atoms with Gasteiger partial charge in [0.25, 0.3) is 0 Å². The first-order valence-electron chi connectivity index (χ1n) is 8.21. The maximum absolute atomic E-state index is 11.9. The number of aryl methyl sites for hydroxylation is 1.